The summed E-state index contributed by atoms with van der Waals surface area (Å²) in [6.07, 6.45) is 1.84. The molecule has 0 aromatic carbocycles. The molecule has 0 spiro atoms. The van der Waals surface area contributed by atoms with Crippen LogP contribution in [-0.4, -0.2) is 10.3 Å². The fraction of sp³-hybridized carbons (Fsp3) is 0.300. The minimum atomic E-state index is 0.696. The molecule has 62 valence electrons. The number of rotatable bonds is 0. The third-order valence-electron chi connectivity index (χ3n) is 1.49. The quantitative estimate of drug-likeness (QED) is 0.487. The van der Waals surface area contributed by atoms with Crippen molar-refractivity contribution in [1.82, 2.24) is 4.98 Å². The maximum absolute atomic E-state index is 4.22. The second-order valence-corrected chi connectivity index (χ2v) is 3.17. The summed E-state index contributed by atoms with van der Waals surface area (Å²) in [4.78, 5) is 4.22. The second kappa shape index (κ2) is 4.27. The highest BCUT2D eigenvalue weighted by Gasteiger charge is 1.94. The van der Waals surface area contributed by atoms with Crippen LogP contribution < -0.4 is 0 Å². The Bertz CT molecular complexity index is 333. The SMILES string of the molecule is Cc1cnc(C#CCBr)c(C)c1. The molecule has 0 aliphatic rings. The van der Waals surface area contributed by atoms with E-state index in [0.717, 1.165) is 11.3 Å². The van der Waals surface area contributed by atoms with Gasteiger partial charge in [-0.15, -0.1) is 0 Å². The summed E-state index contributed by atoms with van der Waals surface area (Å²) < 4.78 is 0. The van der Waals surface area contributed by atoms with E-state index in [1.165, 1.54) is 5.56 Å². The maximum Gasteiger partial charge on any atom is 0.116 e. The molecule has 12 heavy (non-hydrogen) atoms. The normalized spacial score (nSPS) is 8.92. The van der Waals surface area contributed by atoms with E-state index < -0.39 is 0 Å². The molecule has 0 saturated heterocycles. The molecule has 0 unspecified atom stereocenters. The average molecular weight is 224 g/mol. The number of alkyl halides is 1. The van der Waals surface area contributed by atoms with Gasteiger partial charge in [0.2, 0.25) is 0 Å². The van der Waals surface area contributed by atoms with E-state index >= 15 is 0 Å². The zero-order valence-corrected chi connectivity index (χ0v) is 8.77. The minimum absolute atomic E-state index is 0.696. The summed E-state index contributed by atoms with van der Waals surface area (Å²) in [5.41, 5.74) is 3.19. The Hall–Kier alpha value is -0.810. The van der Waals surface area contributed by atoms with Crippen molar-refractivity contribution in [3.05, 3.63) is 29.1 Å². The number of aryl methyl sites for hydroxylation is 2. The number of hydrogen-bond donors (Lipinski definition) is 0. The fourth-order valence-corrected chi connectivity index (χ4v) is 1.10. The Morgan fingerprint density at radius 3 is 2.83 bits per heavy atom. The van der Waals surface area contributed by atoms with Crippen LogP contribution in [0.25, 0.3) is 0 Å². The molecular weight excluding hydrogens is 214 g/mol. The zero-order valence-electron chi connectivity index (χ0n) is 7.19. The summed E-state index contributed by atoms with van der Waals surface area (Å²) in [5, 5.41) is 0.696. The van der Waals surface area contributed by atoms with Gasteiger partial charge in [-0.05, 0) is 30.9 Å². The van der Waals surface area contributed by atoms with Crippen molar-refractivity contribution >= 4 is 15.9 Å². The maximum atomic E-state index is 4.22. The summed E-state index contributed by atoms with van der Waals surface area (Å²) in [7, 11) is 0. The first-order chi connectivity index (χ1) is 5.74. The molecule has 0 aliphatic carbocycles. The molecule has 2 heteroatoms. The predicted octanol–water partition coefficient (Wildman–Crippen LogP) is 2.44. The van der Waals surface area contributed by atoms with Crippen molar-refractivity contribution in [3.63, 3.8) is 0 Å². The van der Waals surface area contributed by atoms with E-state index in [4.69, 9.17) is 0 Å². The number of pyridine rings is 1. The fourth-order valence-electron chi connectivity index (χ4n) is 0.963. The van der Waals surface area contributed by atoms with Crippen LogP contribution in [0.3, 0.4) is 0 Å². The number of halogens is 1. The van der Waals surface area contributed by atoms with Gasteiger partial charge in [0, 0.05) is 6.20 Å². The molecule has 1 aromatic rings. The first-order valence-electron chi connectivity index (χ1n) is 3.72. The molecular formula is C10H10BrN. The lowest BCUT2D eigenvalue weighted by molar-refractivity contribution is 1.19. The number of hydrogen-bond acceptors (Lipinski definition) is 1. The van der Waals surface area contributed by atoms with Crippen LogP contribution in [0, 0.1) is 25.7 Å². The summed E-state index contributed by atoms with van der Waals surface area (Å²) >= 11 is 3.24. The van der Waals surface area contributed by atoms with Crippen LogP contribution in [0.15, 0.2) is 12.3 Å². The molecule has 1 nitrogen and oxygen atoms in total. The van der Waals surface area contributed by atoms with E-state index in [1.54, 1.807) is 0 Å². The second-order valence-electron chi connectivity index (χ2n) is 2.61. The molecule has 0 amide bonds. The van der Waals surface area contributed by atoms with Gasteiger partial charge in [0.1, 0.15) is 5.69 Å². The molecule has 0 saturated carbocycles. The van der Waals surface area contributed by atoms with E-state index in [9.17, 15) is 0 Å². The Morgan fingerprint density at radius 2 is 2.25 bits per heavy atom. The lowest BCUT2D eigenvalue weighted by Gasteiger charge is -1.97. The lowest BCUT2D eigenvalue weighted by atomic mass is 10.2. The van der Waals surface area contributed by atoms with Gasteiger partial charge in [0.25, 0.3) is 0 Å². The van der Waals surface area contributed by atoms with Gasteiger partial charge in [0.05, 0.1) is 5.33 Å². The molecule has 0 fully saturated rings. The Balaban J connectivity index is 3.01. The van der Waals surface area contributed by atoms with Crippen LogP contribution in [0.1, 0.15) is 16.8 Å². The van der Waals surface area contributed by atoms with E-state index in [-0.39, 0.29) is 0 Å². The minimum Gasteiger partial charge on any atom is -0.247 e. The van der Waals surface area contributed by atoms with Crippen LogP contribution in [0.2, 0.25) is 0 Å². The standard InChI is InChI=1S/C10H10BrN/c1-8-6-9(2)10(12-7-8)4-3-5-11/h6-7H,5H2,1-2H3. The Kier molecular flexibility index (Phi) is 3.31. The van der Waals surface area contributed by atoms with Crippen LogP contribution in [-0.2, 0) is 0 Å². The van der Waals surface area contributed by atoms with Crippen molar-refractivity contribution < 1.29 is 0 Å². The zero-order chi connectivity index (χ0) is 8.97. The third-order valence-corrected chi connectivity index (χ3v) is 1.77. The molecule has 0 aliphatic heterocycles. The average Bonchev–Trinajstić information content (AvgIpc) is 2.03. The van der Waals surface area contributed by atoms with Gasteiger partial charge in [-0.2, -0.15) is 0 Å². The van der Waals surface area contributed by atoms with Crippen molar-refractivity contribution in [1.29, 1.82) is 0 Å². The van der Waals surface area contributed by atoms with Gasteiger partial charge < -0.3 is 0 Å². The van der Waals surface area contributed by atoms with Crippen molar-refractivity contribution in [2.75, 3.05) is 5.33 Å². The highest BCUT2D eigenvalue weighted by atomic mass is 79.9. The molecule has 0 bridgehead atoms. The van der Waals surface area contributed by atoms with Gasteiger partial charge in [0.15, 0.2) is 0 Å². The lowest BCUT2D eigenvalue weighted by Crippen LogP contribution is -1.88. The van der Waals surface area contributed by atoms with Crippen molar-refractivity contribution in [2.45, 2.75) is 13.8 Å². The topological polar surface area (TPSA) is 12.9 Å². The smallest absolute Gasteiger partial charge is 0.116 e. The van der Waals surface area contributed by atoms with E-state index in [2.05, 4.69) is 38.8 Å². The largest absolute Gasteiger partial charge is 0.247 e. The first kappa shape index (κ1) is 9.28. The van der Waals surface area contributed by atoms with Crippen molar-refractivity contribution in [2.24, 2.45) is 0 Å². The molecule has 1 aromatic heterocycles. The number of aromatic nitrogens is 1. The van der Waals surface area contributed by atoms with Gasteiger partial charge >= 0.3 is 0 Å². The molecule has 0 N–H and O–H groups in total. The molecule has 1 heterocycles. The monoisotopic (exact) mass is 223 g/mol. The summed E-state index contributed by atoms with van der Waals surface area (Å²) in [6, 6.07) is 2.09. The molecule has 0 atom stereocenters. The summed E-state index contributed by atoms with van der Waals surface area (Å²) in [5.74, 6) is 5.91. The van der Waals surface area contributed by atoms with E-state index in [0.29, 0.717) is 5.33 Å². The summed E-state index contributed by atoms with van der Waals surface area (Å²) in [6.45, 7) is 4.06. The van der Waals surface area contributed by atoms with Gasteiger partial charge in [-0.3, -0.25) is 0 Å². The molecule has 0 radical (unpaired) electrons. The Morgan fingerprint density at radius 1 is 1.50 bits per heavy atom. The van der Waals surface area contributed by atoms with Crippen LogP contribution in [0.5, 0.6) is 0 Å². The number of nitrogens with zero attached hydrogens (tertiary/aromatic N) is 1. The van der Waals surface area contributed by atoms with Gasteiger partial charge in [-0.25, -0.2) is 4.98 Å². The van der Waals surface area contributed by atoms with Crippen LogP contribution in [0.4, 0.5) is 0 Å². The highest BCUT2D eigenvalue weighted by molar-refractivity contribution is 9.09. The Labute approximate surface area is 81.3 Å². The highest BCUT2D eigenvalue weighted by Crippen LogP contribution is 2.04. The van der Waals surface area contributed by atoms with E-state index in [1.807, 2.05) is 20.0 Å². The third kappa shape index (κ3) is 2.35. The molecule has 1 rings (SSSR count). The predicted molar refractivity (Wildman–Crippen MR) is 54.4 cm³/mol. The van der Waals surface area contributed by atoms with Crippen molar-refractivity contribution in [3.8, 4) is 11.8 Å². The van der Waals surface area contributed by atoms with Gasteiger partial charge in [-0.1, -0.05) is 27.9 Å². The van der Waals surface area contributed by atoms with Crippen LogP contribution >= 0.6 is 15.9 Å². The first-order valence-corrected chi connectivity index (χ1v) is 4.84.